The topological polar surface area (TPSA) is 74.8 Å². The normalized spacial score (nSPS) is 24.4. The number of sulfone groups is 1. The molecule has 0 N–H and O–H groups in total. The Morgan fingerprint density at radius 1 is 1.15 bits per heavy atom. The van der Waals surface area contributed by atoms with Crippen LogP contribution in [0.4, 0.5) is 10.5 Å². The molecule has 2 aliphatic rings. The number of hydrogen-bond donors (Lipinski definition) is 0. The highest BCUT2D eigenvalue weighted by Gasteiger charge is 2.56. The van der Waals surface area contributed by atoms with Crippen molar-refractivity contribution in [1.29, 1.82) is 0 Å². The third kappa shape index (κ3) is 1.81. The summed E-state index contributed by atoms with van der Waals surface area (Å²) in [5.41, 5.74) is 0.207. The summed E-state index contributed by atoms with van der Waals surface area (Å²) < 4.78 is 23.6. The van der Waals surface area contributed by atoms with Crippen molar-refractivity contribution in [3.8, 4) is 0 Å². The van der Waals surface area contributed by atoms with Crippen LogP contribution in [0.5, 0.6) is 0 Å². The molecule has 2 saturated heterocycles. The van der Waals surface area contributed by atoms with E-state index in [1.54, 1.807) is 0 Å². The van der Waals surface area contributed by atoms with Gasteiger partial charge < -0.3 is 0 Å². The summed E-state index contributed by atoms with van der Waals surface area (Å²) in [6, 6.07) is 3.59. The van der Waals surface area contributed by atoms with Gasteiger partial charge in [0.05, 0.1) is 21.5 Å². The Labute approximate surface area is 124 Å². The predicted molar refractivity (Wildman–Crippen MR) is 73.6 cm³/mol. The van der Waals surface area contributed by atoms with Gasteiger partial charge in [0.2, 0.25) is 5.37 Å². The van der Waals surface area contributed by atoms with Crippen molar-refractivity contribution in [2.75, 3.05) is 17.2 Å². The minimum absolute atomic E-state index is 0.0232. The molecule has 0 radical (unpaired) electrons. The maximum Gasteiger partial charge on any atom is 0.332 e. The number of rotatable bonds is 1. The van der Waals surface area contributed by atoms with Gasteiger partial charge in [0.1, 0.15) is 0 Å². The second kappa shape index (κ2) is 4.34. The smallest absolute Gasteiger partial charge is 0.298 e. The molecule has 1 aromatic rings. The van der Waals surface area contributed by atoms with Gasteiger partial charge >= 0.3 is 6.03 Å². The Morgan fingerprint density at radius 2 is 1.85 bits per heavy atom. The molecule has 2 aliphatic heterocycles. The van der Waals surface area contributed by atoms with Crippen molar-refractivity contribution in [2.24, 2.45) is 0 Å². The van der Waals surface area contributed by atoms with E-state index in [0.717, 1.165) is 9.80 Å². The van der Waals surface area contributed by atoms with Crippen molar-refractivity contribution in [3.05, 3.63) is 28.2 Å². The number of nitrogens with zero attached hydrogens (tertiary/aromatic N) is 2. The zero-order valence-electron chi connectivity index (χ0n) is 9.92. The molecule has 0 bridgehead atoms. The lowest BCUT2D eigenvalue weighted by molar-refractivity contribution is -0.117. The number of hydrogen-bond acceptors (Lipinski definition) is 4. The first-order valence-electron chi connectivity index (χ1n) is 5.64. The summed E-state index contributed by atoms with van der Waals surface area (Å²) in [7, 11) is -3.61. The number of benzene rings is 1. The summed E-state index contributed by atoms with van der Waals surface area (Å²) >= 11 is 11.6. The van der Waals surface area contributed by atoms with E-state index in [4.69, 9.17) is 23.2 Å². The number of imide groups is 1. The number of carbonyl (C=O) groups excluding carboxylic acids is 2. The molecule has 1 atom stereocenters. The average molecular weight is 335 g/mol. The lowest BCUT2D eigenvalue weighted by Crippen LogP contribution is -2.35. The maximum absolute atomic E-state index is 12.2. The van der Waals surface area contributed by atoms with Crippen LogP contribution in [0.3, 0.4) is 0 Å². The molecule has 6 nitrogen and oxygen atoms in total. The van der Waals surface area contributed by atoms with E-state index < -0.39 is 27.1 Å². The fraction of sp³-hybridized carbons (Fsp3) is 0.273. The SMILES string of the molecule is O=C1C2N(CCS2(=O)=O)C(=O)N1c1ccc(Cl)c(Cl)c1. The molecule has 0 aromatic heterocycles. The van der Waals surface area contributed by atoms with Gasteiger partial charge in [-0.2, -0.15) is 0 Å². The summed E-state index contributed by atoms with van der Waals surface area (Å²) in [5.74, 6) is -0.962. The van der Waals surface area contributed by atoms with Crippen molar-refractivity contribution in [3.63, 3.8) is 0 Å². The molecule has 1 aromatic carbocycles. The first-order chi connectivity index (χ1) is 9.33. The largest absolute Gasteiger partial charge is 0.332 e. The number of amides is 3. The second-order valence-electron chi connectivity index (χ2n) is 4.47. The van der Waals surface area contributed by atoms with Crippen molar-refractivity contribution >= 4 is 50.7 Å². The quantitative estimate of drug-likeness (QED) is 0.729. The molecule has 106 valence electrons. The molecule has 0 aliphatic carbocycles. The van der Waals surface area contributed by atoms with Crippen molar-refractivity contribution in [2.45, 2.75) is 5.37 Å². The molecule has 0 saturated carbocycles. The van der Waals surface area contributed by atoms with Gasteiger partial charge in [0, 0.05) is 6.54 Å². The number of fused-ring (bicyclic) bond motifs is 1. The molecule has 3 rings (SSSR count). The van der Waals surface area contributed by atoms with Crippen LogP contribution in [0.25, 0.3) is 0 Å². The van der Waals surface area contributed by atoms with E-state index in [-0.39, 0.29) is 28.0 Å². The minimum Gasteiger partial charge on any atom is -0.298 e. The summed E-state index contributed by atoms with van der Waals surface area (Å²) in [5, 5.41) is -0.952. The zero-order chi connectivity index (χ0) is 14.7. The van der Waals surface area contributed by atoms with Gasteiger partial charge in [0.15, 0.2) is 9.84 Å². The lowest BCUT2D eigenvalue weighted by Gasteiger charge is -2.15. The van der Waals surface area contributed by atoms with Crippen LogP contribution in [-0.4, -0.2) is 42.9 Å². The molecule has 2 heterocycles. The second-order valence-corrected chi connectivity index (χ2v) is 7.46. The standard InChI is InChI=1S/C11H8Cl2N2O4S/c12-7-2-1-6(5-8(7)13)15-9(16)10-14(11(15)17)3-4-20(10,18)19/h1-2,5,10H,3-4H2. The molecule has 20 heavy (non-hydrogen) atoms. The van der Waals surface area contributed by atoms with Gasteiger partial charge in [-0.3, -0.25) is 9.69 Å². The molecule has 1 unspecified atom stereocenters. The molecule has 9 heteroatoms. The Kier molecular flexibility index (Phi) is 2.97. The van der Waals surface area contributed by atoms with Crippen LogP contribution in [0.1, 0.15) is 0 Å². The zero-order valence-corrected chi connectivity index (χ0v) is 12.2. The highest BCUT2D eigenvalue weighted by atomic mass is 35.5. The van der Waals surface area contributed by atoms with E-state index >= 15 is 0 Å². The van der Waals surface area contributed by atoms with Crippen molar-refractivity contribution in [1.82, 2.24) is 4.90 Å². The van der Waals surface area contributed by atoms with Crippen LogP contribution in [0.15, 0.2) is 18.2 Å². The predicted octanol–water partition coefficient (Wildman–Crippen LogP) is 1.52. The molecule has 2 fully saturated rings. The monoisotopic (exact) mass is 334 g/mol. The maximum atomic E-state index is 12.2. The van der Waals surface area contributed by atoms with Crippen LogP contribution < -0.4 is 4.90 Å². The summed E-state index contributed by atoms with van der Waals surface area (Å²) in [6.45, 7) is 0.0232. The average Bonchev–Trinajstić information content (AvgIpc) is 2.81. The van der Waals surface area contributed by atoms with E-state index in [0.29, 0.717) is 0 Å². The van der Waals surface area contributed by atoms with Crippen LogP contribution in [0.2, 0.25) is 10.0 Å². The van der Waals surface area contributed by atoms with Crippen LogP contribution in [-0.2, 0) is 14.6 Å². The highest BCUT2D eigenvalue weighted by molar-refractivity contribution is 7.93. The van der Waals surface area contributed by atoms with E-state index in [1.807, 2.05) is 0 Å². The Hall–Kier alpha value is -1.31. The first kappa shape index (κ1) is 13.7. The number of carbonyl (C=O) groups is 2. The van der Waals surface area contributed by atoms with Gasteiger partial charge in [-0.1, -0.05) is 23.2 Å². The number of urea groups is 1. The Bertz CT molecular complexity index is 734. The van der Waals surface area contributed by atoms with Gasteiger partial charge in [0.25, 0.3) is 5.91 Å². The fourth-order valence-electron chi connectivity index (χ4n) is 2.33. The number of anilines is 1. The lowest BCUT2D eigenvalue weighted by atomic mass is 10.3. The third-order valence-electron chi connectivity index (χ3n) is 3.27. The molecule has 3 amide bonds. The summed E-state index contributed by atoms with van der Waals surface area (Å²) in [4.78, 5) is 26.3. The Morgan fingerprint density at radius 3 is 2.45 bits per heavy atom. The molecule has 0 spiro atoms. The highest BCUT2D eigenvalue weighted by Crippen LogP contribution is 2.34. The fourth-order valence-corrected chi connectivity index (χ4v) is 4.29. The molecular formula is C11H8Cl2N2O4S. The van der Waals surface area contributed by atoms with Gasteiger partial charge in [-0.05, 0) is 18.2 Å². The minimum atomic E-state index is -3.61. The van der Waals surface area contributed by atoms with Gasteiger partial charge in [-0.25, -0.2) is 18.1 Å². The number of halogens is 2. The van der Waals surface area contributed by atoms with Gasteiger partial charge in [-0.15, -0.1) is 0 Å². The summed E-state index contributed by atoms with van der Waals surface area (Å²) in [6.07, 6.45) is 0. The third-order valence-corrected chi connectivity index (χ3v) is 5.90. The van der Waals surface area contributed by atoms with Crippen LogP contribution >= 0.6 is 23.2 Å². The van der Waals surface area contributed by atoms with E-state index in [9.17, 15) is 18.0 Å². The van der Waals surface area contributed by atoms with E-state index in [2.05, 4.69) is 0 Å². The molecular weight excluding hydrogens is 327 g/mol. The van der Waals surface area contributed by atoms with Crippen LogP contribution in [0, 0.1) is 0 Å². The Balaban J connectivity index is 2.06. The van der Waals surface area contributed by atoms with E-state index in [1.165, 1.54) is 18.2 Å². The first-order valence-corrected chi connectivity index (χ1v) is 8.11. The van der Waals surface area contributed by atoms with Crippen molar-refractivity contribution < 1.29 is 18.0 Å².